The van der Waals surface area contributed by atoms with Gasteiger partial charge in [-0.05, 0) is 51.4 Å². The number of guanidine groups is 1. The normalized spacial score (nSPS) is 20.1. The molecule has 10 heteroatoms. The van der Waals surface area contributed by atoms with Gasteiger partial charge in [-0.1, -0.05) is 0 Å². The van der Waals surface area contributed by atoms with Crippen LogP contribution in [0.3, 0.4) is 0 Å². The van der Waals surface area contributed by atoms with E-state index in [1.165, 1.54) is 12.1 Å². The molecule has 0 radical (unpaired) electrons. The first-order valence-electron chi connectivity index (χ1n) is 11.2. The van der Waals surface area contributed by atoms with Gasteiger partial charge in [-0.2, -0.15) is 0 Å². The minimum Gasteiger partial charge on any atom is -0.369 e. The number of piperidine rings is 1. The summed E-state index contributed by atoms with van der Waals surface area (Å²) in [4.78, 5) is 22.5. The van der Waals surface area contributed by atoms with E-state index in [9.17, 15) is 13.6 Å². The van der Waals surface area contributed by atoms with Gasteiger partial charge in [0.05, 0.1) is 11.6 Å². The van der Waals surface area contributed by atoms with Crippen LogP contribution in [0.1, 0.15) is 26.2 Å². The van der Waals surface area contributed by atoms with Crippen molar-refractivity contribution < 1.29 is 13.6 Å². The molecule has 0 aromatic heterocycles. The molecular formula is C22H35F2IN6O. The molecule has 2 aliphatic heterocycles. The van der Waals surface area contributed by atoms with Crippen molar-refractivity contribution in [3.8, 4) is 0 Å². The summed E-state index contributed by atoms with van der Waals surface area (Å²) in [6, 6.07) is 3.58. The number of anilines is 1. The van der Waals surface area contributed by atoms with E-state index in [4.69, 9.17) is 10.7 Å². The molecule has 0 aliphatic carbocycles. The van der Waals surface area contributed by atoms with Crippen LogP contribution in [0.25, 0.3) is 0 Å². The molecule has 0 bridgehead atoms. The van der Waals surface area contributed by atoms with Crippen LogP contribution in [-0.2, 0) is 4.79 Å². The van der Waals surface area contributed by atoms with Gasteiger partial charge in [0.25, 0.3) is 0 Å². The average Bonchev–Trinajstić information content (AvgIpc) is 2.78. The average molecular weight is 564 g/mol. The van der Waals surface area contributed by atoms with Gasteiger partial charge in [-0.25, -0.2) is 8.78 Å². The first kappa shape index (κ1) is 26.6. The van der Waals surface area contributed by atoms with Gasteiger partial charge in [0.15, 0.2) is 5.96 Å². The highest BCUT2D eigenvalue weighted by Crippen LogP contribution is 2.22. The number of rotatable bonds is 7. The second-order valence-electron chi connectivity index (χ2n) is 8.20. The summed E-state index contributed by atoms with van der Waals surface area (Å²) in [7, 11) is 0. The van der Waals surface area contributed by atoms with E-state index in [0.717, 1.165) is 57.5 Å². The molecule has 1 aromatic carbocycles. The summed E-state index contributed by atoms with van der Waals surface area (Å²) in [6.07, 6.45) is 2.81. The number of nitrogens with zero attached hydrogens (tertiary/aromatic N) is 4. The molecule has 3 rings (SSSR count). The summed E-state index contributed by atoms with van der Waals surface area (Å²) in [5.74, 6) is -0.199. The Morgan fingerprint density at radius 2 is 1.97 bits per heavy atom. The molecule has 0 spiro atoms. The molecule has 2 fully saturated rings. The van der Waals surface area contributed by atoms with E-state index in [1.54, 1.807) is 0 Å². The number of piperazine rings is 1. The Hall–Kier alpha value is -1.69. The summed E-state index contributed by atoms with van der Waals surface area (Å²) in [5, 5.41) is 3.34. The largest absolute Gasteiger partial charge is 0.369 e. The van der Waals surface area contributed by atoms with Crippen molar-refractivity contribution >= 4 is 41.5 Å². The molecule has 2 saturated heterocycles. The molecule has 1 atom stereocenters. The Morgan fingerprint density at radius 1 is 1.22 bits per heavy atom. The molecule has 2 heterocycles. The van der Waals surface area contributed by atoms with Crippen LogP contribution in [0.2, 0.25) is 0 Å². The van der Waals surface area contributed by atoms with E-state index in [-0.39, 0.29) is 35.8 Å². The molecule has 3 N–H and O–H groups in total. The first-order valence-corrected chi connectivity index (χ1v) is 11.2. The zero-order chi connectivity index (χ0) is 22.2. The number of amides is 1. The second-order valence-corrected chi connectivity index (χ2v) is 8.20. The Balaban J connectivity index is 0.00000363. The number of carbonyl (C=O) groups is 1. The van der Waals surface area contributed by atoms with Gasteiger partial charge in [0.1, 0.15) is 11.6 Å². The maximum Gasteiger partial charge on any atom is 0.221 e. The van der Waals surface area contributed by atoms with E-state index in [1.807, 2.05) is 11.8 Å². The van der Waals surface area contributed by atoms with Crippen LogP contribution < -0.4 is 16.0 Å². The SMILES string of the molecule is CCNC(=NCCCN1CCCC(C(N)=O)C1)N1CCN(c2cc(F)ccc2F)CC1.I. The summed E-state index contributed by atoms with van der Waals surface area (Å²) in [6.45, 7) is 8.74. The number of halogens is 3. The molecular weight excluding hydrogens is 529 g/mol. The lowest BCUT2D eigenvalue weighted by Crippen LogP contribution is -2.52. The van der Waals surface area contributed by atoms with E-state index >= 15 is 0 Å². The number of likely N-dealkylation sites (tertiary alicyclic amines) is 1. The van der Waals surface area contributed by atoms with Gasteiger partial charge in [0, 0.05) is 51.9 Å². The van der Waals surface area contributed by atoms with Crippen molar-refractivity contribution in [2.45, 2.75) is 26.2 Å². The van der Waals surface area contributed by atoms with Crippen molar-refractivity contribution in [3.63, 3.8) is 0 Å². The van der Waals surface area contributed by atoms with Gasteiger partial charge in [-0.3, -0.25) is 9.79 Å². The predicted octanol–water partition coefficient (Wildman–Crippen LogP) is 2.26. The molecule has 1 aromatic rings. The highest BCUT2D eigenvalue weighted by Gasteiger charge is 2.24. The molecule has 180 valence electrons. The Bertz CT molecular complexity index is 773. The minimum atomic E-state index is -0.426. The van der Waals surface area contributed by atoms with Crippen molar-refractivity contribution in [3.05, 3.63) is 29.8 Å². The van der Waals surface area contributed by atoms with Crippen LogP contribution in [0, 0.1) is 17.6 Å². The van der Waals surface area contributed by atoms with Gasteiger partial charge in [-0.15, -0.1) is 24.0 Å². The molecule has 1 unspecified atom stereocenters. The van der Waals surface area contributed by atoms with Crippen molar-refractivity contribution in [2.75, 3.05) is 63.8 Å². The van der Waals surface area contributed by atoms with E-state index in [0.29, 0.717) is 38.4 Å². The summed E-state index contributed by atoms with van der Waals surface area (Å²) >= 11 is 0. The lowest BCUT2D eigenvalue weighted by Gasteiger charge is -2.37. The van der Waals surface area contributed by atoms with E-state index in [2.05, 4.69) is 15.1 Å². The van der Waals surface area contributed by atoms with Gasteiger partial charge in [0.2, 0.25) is 5.91 Å². The maximum atomic E-state index is 14.1. The maximum absolute atomic E-state index is 14.1. The number of hydrogen-bond acceptors (Lipinski definition) is 4. The molecule has 2 aliphatic rings. The van der Waals surface area contributed by atoms with Crippen molar-refractivity contribution in [1.82, 2.24) is 15.1 Å². The van der Waals surface area contributed by atoms with Crippen LogP contribution in [0.15, 0.2) is 23.2 Å². The van der Waals surface area contributed by atoms with Crippen LogP contribution in [0.4, 0.5) is 14.5 Å². The minimum absolute atomic E-state index is 0. The third-order valence-electron chi connectivity index (χ3n) is 5.96. The van der Waals surface area contributed by atoms with Crippen LogP contribution >= 0.6 is 24.0 Å². The van der Waals surface area contributed by atoms with Crippen LogP contribution in [-0.4, -0.2) is 80.6 Å². The van der Waals surface area contributed by atoms with Crippen LogP contribution in [0.5, 0.6) is 0 Å². The molecule has 7 nitrogen and oxygen atoms in total. The zero-order valence-electron chi connectivity index (χ0n) is 18.7. The second kappa shape index (κ2) is 13.1. The lowest BCUT2D eigenvalue weighted by atomic mass is 9.97. The summed E-state index contributed by atoms with van der Waals surface area (Å²) < 4.78 is 27.6. The first-order chi connectivity index (χ1) is 15.0. The third-order valence-corrected chi connectivity index (χ3v) is 5.96. The fourth-order valence-electron chi connectivity index (χ4n) is 4.28. The highest BCUT2D eigenvalue weighted by molar-refractivity contribution is 14.0. The van der Waals surface area contributed by atoms with Gasteiger partial charge < -0.3 is 25.8 Å². The predicted molar refractivity (Wildman–Crippen MR) is 135 cm³/mol. The molecule has 0 saturated carbocycles. The highest BCUT2D eigenvalue weighted by atomic mass is 127. The fourth-order valence-corrected chi connectivity index (χ4v) is 4.28. The Kier molecular flexibility index (Phi) is 10.9. The van der Waals surface area contributed by atoms with Gasteiger partial charge >= 0.3 is 0 Å². The fraction of sp³-hybridized carbons (Fsp3) is 0.636. The Morgan fingerprint density at radius 3 is 2.66 bits per heavy atom. The smallest absolute Gasteiger partial charge is 0.221 e. The standard InChI is InChI=1S/C22H34F2N6O.HI/c1-2-26-22(27-8-4-10-28-9-3-5-17(16-28)21(25)31)30-13-11-29(12-14-30)20-15-18(23)6-7-19(20)24;/h6-7,15,17H,2-5,8-14,16H2,1H3,(H2,25,31)(H,26,27);1H. The molecule has 32 heavy (non-hydrogen) atoms. The quantitative estimate of drug-likeness (QED) is 0.230. The lowest BCUT2D eigenvalue weighted by molar-refractivity contribution is -0.123. The number of nitrogens with two attached hydrogens (primary N) is 1. The zero-order valence-corrected chi connectivity index (χ0v) is 21.1. The van der Waals surface area contributed by atoms with Crippen molar-refractivity contribution in [1.29, 1.82) is 0 Å². The number of nitrogens with one attached hydrogen (secondary N) is 1. The number of aliphatic imine (C=N–C) groups is 1. The summed E-state index contributed by atoms with van der Waals surface area (Å²) in [5.41, 5.74) is 5.78. The Labute approximate surface area is 206 Å². The number of carbonyl (C=O) groups excluding carboxylic acids is 1. The van der Waals surface area contributed by atoms with E-state index < -0.39 is 11.6 Å². The number of benzene rings is 1. The molecule has 1 amide bonds. The van der Waals surface area contributed by atoms with Crippen molar-refractivity contribution in [2.24, 2.45) is 16.6 Å². The number of primary amides is 1. The third kappa shape index (κ3) is 7.43. The number of hydrogen-bond donors (Lipinski definition) is 2. The monoisotopic (exact) mass is 564 g/mol. The topological polar surface area (TPSA) is 77.2 Å².